The summed E-state index contributed by atoms with van der Waals surface area (Å²) in [6.07, 6.45) is -7.13. The molecule has 1 aromatic carbocycles. The molecule has 0 saturated heterocycles. The third kappa shape index (κ3) is 3.16. The highest BCUT2D eigenvalue weighted by molar-refractivity contribution is 5.78. The smallest absolute Gasteiger partial charge is 0.383 e. The molecule has 94 valence electrons. The van der Waals surface area contributed by atoms with Crippen molar-refractivity contribution in [1.29, 1.82) is 0 Å². The number of hydrogen-bond acceptors (Lipinski definition) is 2. The Morgan fingerprint density at radius 1 is 1.41 bits per heavy atom. The first-order valence-corrected chi connectivity index (χ1v) is 4.55. The lowest BCUT2D eigenvalue weighted by molar-refractivity contribution is -0.140. The third-order valence-electron chi connectivity index (χ3n) is 2.13. The van der Waals surface area contributed by atoms with E-state index in [-0.39, 0.29) is 0 Å². The van der Waals surface area contributed by atoms with E-state index in [0.717, 1.165) is 12.1 Å². The van der Waals surface area contributed by atoms with Gasteiger partial charge in [0.25, 0.3) is 0 Å². The molecule has 1 aromatic rings. The average Bonchev–Trinajstić information content (AvgIpc) is 2.19. The molecule has 17 heavy (non-hydrogen) atoms. The van der Waals surface area contributed by atoms with Crippen molar-refractivity contribution in [1.82, 2.24) is 0 Å². The second-order valence-electron chi connectivity index (χ2n) is 3.40. The van der Waals surface area contributed by atoms with Crippen molar-refractivity contribution >= 4 is 5.91 Å². The summed E-state index contributed by atoms with van der Waals surface area (Å²) in [5.74, 6) is -2.62. The van der Waals surface area contributed by atoms with Gasteiger partial charge in [-0.2, -0.15) is 13.2 Å². The topological polar surface area (TPSA) is 63.3 Å². The zero-order valence-corrected chi connectivity index (χ0v) is 8.46. The molecular formula is C10H9F4NO2. The SMILES string of the molecule is NC(=O)[C@H](O)Cc1cccc(C(F)(F)F)c1F. The molecule has 1 amide bonds. The number of carbonyl (C=O) groups excluding carboxylic acids is 1. The zero-order chi connectivity index (χ0) is 13.2. The second kappa shape index (κ2) is 4.70. The van der Waals surface area contributed by atoms with Gasteiger partial charge < -0.3 is 10.8 Å². The van der Waals surface area contributed by atoms with E-state index in [1.54, 1.807) is 0 Å². The van der Waals surface area contributed by atoms with E-state index < -0.39 is 41.6 Å². The number of benzene rings is 1. The van der Waals surface area contributed by atoms with Gasteiger partial charge in [-0.05, 0) is 11.6 Å². The van der Waals surface area contributed by atoms with Gasteiger partial charge in [0.2, 0.25) is 5.91 Å². The molecule has 1 atom stereocenters. The number of carbonyl (C=O) groups is 1. The fourth-order valence-corrected chi connectivity index (χ4v) is 1.27. The Balaban J connectivity index is 3.07. The zero-order valence-electron chi connectivity index (χ0n) is 8.46. The molecule has 0 saturated carbocycles. The van der Waals surface area contributed by atoms with E-state index in [0.29, 0.717) is 6.07 Å². The summed E-state index contributed by atoms with van der Waals surface area (Å²) in [6, 6.07) is 2.63. The Kier molecular flexibility index (Phi) is 3.72. The normalized spacial score (nSPS) is 13.5. The first-order chi connectivity index (χ1) is 7.73. The number of nitrogens with two attached hydrogens (primary N) is 1. The fraction of sp³-hybridized carbons (Fsp3) is 0.300. The van der Waals surface area contributed by atoms with Crippen LogP contribution in [0.5, 0.6) is 0 Å². The molecule has 0 aliphatic rings. The lowest BCUT2D eigenvalue weighted by atomic mass is 10.0. The maximum Gasteiger partial charge on any atom is 0.419 e. The molecule has 0 aliphatic heterocycles. The quantitative estimate of drug-likeness (QED) is 0.794. The highest BCUT2D eigenvalue weighted by atomic mass is 19.4. The molecule has 0 fully saturated rings. The molecular weight excluding hydrogens is 242 g/mol. The molecule has 7 heteroatoms. The molecule has 0 bridgehead atoms. The average molecular weight is 251 g/mol. The molecule has 1 rings (SSSR count). The predicted octanol–water partition coefficient (Wildman–Crippen LogP) is 1.23. The van der Waals surface area contributed by atoms with E-state index in [9.17, 15) is 22.4 Å². The summed E-state index contributed by atoms with van der Waals surface area (Å²) in [5, 5.41) is 9.08. The van der Waals surface area contributed by atoms with Crippen LogP contribution in [0.3, 0.4) is 0 Å². The van der Waals surface area contributed by atoms with Crippen molar-refractivity contribution in [3.63, 3.8) is 0 Å². The number of aliphatic hydroxyl groups is 1. The van der Waals surface area contributed by atoms with Gasteiger partial charge >= 0.3 is 6.18 Å². The standard InChI is InChI=1S/C10H9F4NO2/c11-8-5(4-7(16)9(15)17)2-1-3-6(8)10(12,13)14/h1-3,7,16H,4H2,(H2,15,17)/t7-/m1/s1. The molecule has 0 heterocycles. The highest BCUT2D eigenvalue weighted by Gasteiger charge is 2.35. The van der Waals surface area contributed by atoms with Crippen molar-refractivity contribution in [2.75, 3.05) is 0 Å². The highest BCUT2D eigenvalue weighted by Crippen LogP contribution is 2.32. The number of alkyl halides is 3. The summed E-state index contributed by atoms with van der Waals surface area (Å²) >= 11 is 0. The molecule has 0 radical (unpaired) electrons. The van der Waals surface area contributed by atoms with Crippen molar-refractivity contribution in [3.8, 4) is 0 Å². The van der Waals surface area contributed by atoms with Gasteiger partial charge in [0, 0.05) is 6.42 Å². The number of primary amides is 1. The van der Waals surface area contributed by atoms with Crippen LogP contribution in [0.25, 0.3) is 0 Å². The molecule has 0 unspecified atom stereocenters. The van der Waals surface area contributed by atoms with Crippen molar-refractivity contribution in [3.05, 3.63) is 35.1 Å². The van der Waals surface area contributed by atoms with Gasteiger partial charge in [0.05, 0.1) is 5.56 Å². The van der Waals surface area contributed by atoms with Crippen LogP contribution in [0.15, 0.2) is 18.2 Å². The minimum atomic E-state index is -4.82. The van der Waals surface area contributed by atoms with E-state index >= 15 is 0 Å². The minimum absolute atomic E-state index is 0.411. The second-order valence-corrected chi connectivity index (χ2v) is 3.40. The van der Waals surface area contributed by atoms with E-state index in [4.69, 9.17) is 10.8 Å². The van der Waals surface area contributed by atoms with Crippen LogP contribution in [-0.2, 0) is 17.4 Å². The minimum Gasteiger partial charge on any atom is -0.383 e. The number of amides is 1. The first kappa shape index (κ1) is 13.4. The molecule has 0 aromatic heterocycles. The Morgan fingerprint density at radius 3 is 2.47 bits per heavy atom. The lowest BCUT2D eigenvalue weighted by Gasteiger charge is -2.12. The Labute approximate surface area is 93.8 Å². The van der Waals surface area contributed by atoms with Crippen LogP contribution in [0.1, 0.15) is 11.1 Å². The van der Waals surface area contributed by atoms with Gasteiger partial charge in [0.15, 0.2) is 0 Å². The third-order valence-corrected chi connectivity index (χ3v) is 2.13. The van der Waals surface area contributed by atoms with Crippen molar-refractivity contribution in [2.24, 2.45) is 5.73 Å². The van der Waals surface area contributed by atoms with Crippen LogP contribution in [0, 0.1) is 5.82 Å². The fourth-order valence-electron chi connectivity index (χ4n) is 1.27. The molecule has 3 nitrogen and oxygen atoms in total. The number of rotatable bonds is 3. The maximum atomic E-state index is 13.4. The van der Waals surface area contributed by atoms with Gasteiger partial charge in [-0.1, -0.05) is 12.1 Å². The van der Waals surface area contributed by atoms with Gasteiger partial charge in [-0.3, -0.25) is 4.79 Å². The van der Waals surface area contributed by atoms with Crippen LogP contribution in [0.4, 0.5) is 17.6 Å². The lowest BCUT2D eigenvalue weighted by Crippen LogP contribution is -2.30. The number of halogens is 4. The number of hydrogen-bond donors (Lipinski definition) is 2. The molecule has 0 aliphatic carbocycles. The van der Waals surface area contributed by atoms with Crippen molar-refractivity contribution in [2.45, 2.75) is 18.7 Å². The van der Waals surface area contributed by atoms with Crippen LogP contribution in [-0.4, -0.2) is 17.1 Å². The predicted molar refractivity (Wildman–Crippen MR) is 50.3 cm³/mol. The monoisotopic (exact) mass is 251 g/mol. The molecule has 0 spiro atoms. The summed E-state index contributed by atoms with van der Waals surface area (Å²) in [5.41, 5.74) is 2.87. The largest absolute Gasteiger partial charge is 0.419 e. The molecule has 3 N–H and O–H groups in total. The van der Waals surface area contributed by atoms with Gasteiger partial charge in [0.1, 0.15) is 11.9 Å². The van der Waals surface area contributed by atoms with Crippen LogP contribution in [0.2, 0.25) is 0 Å². The Morgan fingerprint density at radius 2 is 2.00 bits per heavy atom. The van der Waals surface area contributed by atoms with Crippen LogP contribution >= 0.6 is 0 Å². The van der Waals surface area contributed by atoms with Crippen molar-refractivity contribution < 1.29 is 27.5 Å². The summed E-state index contributed by atoms with van der Waals surface area (Å²) in [4.78, 5) is 10.5. The Hall–Kier alpha value is -1.63. The summed E-state index contributed by atoms with van der Waals surface area (Å²) < 4.78 is 50.4. The van der Waals surface area contributed by atoms with E-state index in [1.165, 1.54) is 0 Å². The van der Waals surface area contributed by atoms with E-state index in [1.807, 2.05) is 0 Å². The number of aliphatic hydroxyl groups excluding tert-OH is 1. The van der Waals surface area contributed by atoms with E-state index in [2.05, 4.69) is 0 Å². The maximum absolute atomic E-state index is 13.4. The van der Waals surface area contributed by atoms with Gasteiger partial charge in [-0.15, -0.1) is 0 Å². The Bertz CT molecular complexity index is 431. The summed E-state index contributed by atoms with van der Waals surface area (Å²) in [7, 11) is 0. The van der Waals surface area contributed by atoms with Gasteiger partial charge in [-0.25, -0.2) is 4.39 Å². The van der Waals surface area contributed by atoms with Crippen LogP contribution < -0.4 is 5.73 Å². The summed E-state index contributed by atoms with van der Waals surface area (Å²) in [6.45, 7) is 0. The first-order valence-electron chi connectivity index (χ1n) is 4.55.